The van der Waals surface area contributed by atoms with Crippen LogP contribution in [0.4, 0.5) is 9.18 Å². The number of amides is 3. The van der Waals surface area contributed by atoms with Gasteiger partial charge in [-0.2, -0.15) is 0 Å². The van der Waals surface area contributed by atoms with Gasteiger partial charge < -0.3 is 19.7 Å². The number of methoxy groups -OCH3 is 1. The third kappa shape index (κ3) is 3.83. The number of carbonyl (C=O) groups excluding carboxylic acids is 2. The summed E-state index contributed by atoms with van der Waals surface area (Å²) in [5.74, 6) is -0.630. The number of aromatic nitrogens is 1. The Morgan fingerprint density at radius 2 is 1.97 bits per heavy atom. The smallest absolute Gasteiger partial charge is 0.328 e. The summed E-state index contributed by atoms with van der Waals surface area (Å²) in [6.07, 6.45) is 0.832. The molecule has 5 rings (SSSR count). The molecule has 37 heavy (non-hydrogen) atoms. The molecular weight excluding hydrogens is 475 g/mol. The average Bonchev–Trinajstić information content (AvgIpc) is 3.33. The number of phenols is 1. The molecule has 3 amide bonds. The quantitative estimate of drug-likeness (QED) is 0.440. The molecule has 8 nitrogen and oxygen atoms in total. The summed E-state index contributed by atoms with van der Waals surface area (Å²) < 4.78 is 20.8. The summed E-state index contributed by atoms with van der Waals surface area (Å²) in [6, 6.07) is 8.87. The summed E-state index contributed by atoms with van der Waals surface area (Å²) in [7, 11) is 1.41. The van der Waals surface area contributed by atoms with Gasteiger partial charge in [-0.3, -0.25) is 14.6 Å². The van der Waals surface area contributed by atoms with Gasteiger partial charge in [-0.05, 0) is 68.4 Å². The summed E-state index contributed by atoms with van der Waals surface area (Å²) in [4.78, 5) is 36.3. The maximum atomic E-state index is 15.5. The van der Waals surface area contributed by atoms with Gasteiger partial charge in [0.1, 0.15) is 17.3 Å². The Labute approximate surface area is 215 Å². The van der Waals surface area contributed by atoms with E-state index < -0.39 is 17.4 Å². The van der Waals surface area contributed by atoms with Gasteiger partial charge in [0.15, 0.2) is 11.6 Å². The molecule has 1 saturated heterocycles. The van der Waals surface area contributed by atoms with Crippen molar-refractivity contribution in [1.82, 2.24) is 19.7 Å². The number of hydrogen-bond acceptors (Lipinski definition) is 5. The predicted octanol–water partition coefficient (Wildman–Crippen LogP) is 4.42. The van der Waals surface area contributed by atoms with Crippen molar-refractivity contribution in [3.8, 4) is 11.5 Å². The number of H-pyrrole nitrogens is 1. The van der Waals surface area contributed by atoms with Crippen LogP contribution in [0.5, 0.6) is 11.5 Å². The highest BCUT2D eigenvalue weighted by atomic mass is 19.1. The van der Waals surface area contributed by atoms with Crippen LogP contribution in [0, 0.1) is 5.82 Å². The fourth-order valence-corrected chi connectivity index (χ4v) is 5.94. The molecule has 0 spiro atoms. The number of hydrogen-bond donors (Lipinski definition) is 2. The lowest BCUT2D eigenvalue weighted by Crippen LogP contribution is -2.53. The molecule has 3 aromatic rings. The topological polar surface area (TPSA) is 89.1 Å². The van der Waals surface area contributed by atoms with Crippen LogP contribution in [0.3, 0.4) is 0 Å². The highest BCUT2D eigenvalue weighted by molar-refractivity contribution is 6.08. The molecule has 1 fully saturated rings. The van der Waals surface area contributed by atoms with Gasteiger partial charge in [0, 0.05) is 29.6 Å². The second kappa shape index (κ2) is 9.37. The Hall–Kier alpha value is -3.59. The van der Waals surface area contributed by atoms with Gasteiger partial charge in [-0.15, -0.1) is 0 Å². The summed E-state index contributed by atoms with van der Waals surface area (Å²) in [5, 5.41) is 10.6. The summed E-state index contributed by atoms with van der Waals surface area (Å²) in [5.41, 5.74) is 1.27. The number of carbonyl (C=O) groups is 2. The van der Waals surface area contributed by atoms with Crippen molar-refractivity contribution in [2.24, 2.45) is 0 Å². The van der Waals surface area contributed by atoms with E-state index >= 15 is 4.39 Å². The molecule has 2 aliphatic rings. The van der Waals surface area contributed by atoms with Crippen molar-refractivity contribution < 1.29 is 23.8 Å². The van der Waals surface area contributed by atoms with E-state index in [9.17, 15) is 14.7 Å². The molecule has 0 aliphatic carbocycles. The van der Waals surface area contributed by atoms with Gasteiger partial charge in [0.25, 0.3) is 5.91 Å². The lowest BCUT2D eigenvalue weighted by atomic mass is 9.81. The third-order valence-corrected chi connectivity index (χ3v) is 7.89. The summed E-state index contributed by atoms with van der Waals surface area (Å²) >= 11 is 0. The fraction of sp³-hybridized carbons (Fsp3) is 0.429. The molecule has 2 unspecified atom stereocenters. The second-order valence-electron chi connectivity index (χ2n) is 9.96. The van der Waals surface area contributed by atoms with E-state index in [1.165, 1.54) is 12.0 Å². The van der Waals surface area contributed by atoms with Gasteiger partial charge in [0.2, 0.25) is 0 Å². The van der Waals surface area contributed by atoms with E-state index in [0.29, 0.717) is 40.7 Å². The number of ether oxygens (including phenoxy) is 1. The second-order valence-corrected chi connectivity index (χ2v) is 9.96. The van der Waals surface area contributed by atoms with Crippen molar-refractivity contribution in [3.05, 3.63) is 59.0 Å². The molecular formula is C28H33FN4O4. The van der Waals surface area contributed by atoms with Crippen molar-refractivity contribution in [2.45, 2.75) is 45.2 Å². The number of nitrogens with zero attached hydrogens (tertiary/aromatic N) is 3. The first kappa shape index (κ1) is 25.1. The highest BCUT2D eigenvalue weighted by Crippen LogP contribution is 2.49. The van der Waals surface area contributed by atoms with Crippen LogP contribution in [-0.4, -0.2) is 75.6 Å². The molecule has 2 N–H and O–H groups in total. The Kier molecular flexibility index (Phi) is 6.35. The molecule has 0 saturated carbocycles. The first-order valence-corrected chi connectivity index (χ1v) is 12.8. The van der Waals surface area contributed by atoms with E-state index in [-0.39, 0.29) is 29.9 Å². The SMILES string of the molecule is CCN(CC)CCCN1C(=O)N2C(c3cccc(O)c3)c3[nH]c4ccc(OC)c(F)c4c3CC2(C)C1=O. The largest absolute Gasteiger partial charge is 0.508 e. The Morgan fingerprint density at radius 1 is 1.22 bits per heavy atom. The molecule has 2 atom stereocenters. The van der Waals surface area contributed by atoms with Crippen molar-refractivity contribution in [1.29, 1.82) is 0 Å². The number of nitrogens with one attached hydrogen (secondary N) is 1. The lowest BCUT2D eigenvalue weighted by molar-refractivity contribution is -0.133. The van der Waals surface area contributed by atoms with E-state index in [1.54, 1.807) is 42.2 Å². The van der Waals surface area contributed by atoms with E-state index in [1.807, 2.05) is 6.07 Å². The number of halogens is 1. The highest BCUT2D eigenvalue weighted by Gasteiger charge is 2.60. The zero-order valence-corrected chi connectivity index (χ0v) is 21.7. The molecule has 3 heterocycles. The number of imide groups is 1. The minimum atomic E-state index is -1.21. The van der Waals surface area contributed by atoms with Gasteiger partial charge in [0.05, 0.1) is 7.11 Å². The zero-order chi connectivity index (χ0) is 26.5. The zero-order valence-electron chi connectivity index (χ0n) is 21.7. The number of rotatable bonds is 8. The molecule has 1 aromatic heterocycles. The van der Waals surface area contributed by atoms with Crippen LogP contribution in [0.25, 0.3) is 10.9 Å². The maximum Gasteiger partial charge on any atom is 0.328 e. The van der Waals surface area contributed by atoms with Crippen LogP contribution in [-0.2, 0) is 11.2 Å². The number of urea groups is 1. The van der Waals surface area contributed by atoms with E-state index in [2.05, 4.69) is 23.7 Å². The molecule has 196 valence electrons. The number of aromatic amines is 1. The molecule has 0 bridgehead atoms. The molecule has 9 heteroatoms. The van der Waals surface area contributed by atoms with Gasteiger partial charge >= 0.3 is 6.03 Å². The fourth-order valence-electron chi connectivity index (χ4n) is 5.94. The average molecular weight is 509 g/mol. The molecule has 2 aromatic carbocycles. The van der Waals surface area contributed by atoms with Crippen LogP contribution >= 0.6 is 0 Å². The van der Waals surface area contributed by atoms with E-state index in [0.717, 1.165) is 19.6 Å². The Bertz CT molecular complexity index is 1370. The van der Waals surface area contributed by atoms with Crippen LogP contribution in [0.1, 0.15) is 50.1 Å². The van der Waals surface area contributed by atoms with Crippen molar-refractivity contribution in [3.63, 3.8) is 0 Å². The Balaban J connectivity index is 1.63. The Morgan fingerprint density at radius 3 is 2.65 bits per heavy atom. The van der Waals surface area contributed by atoms with E-state index in [4.69, 9.17) is 4.74 Å². The number of aromatic hydroxyl groups is 1. The summed E-state index contributed by atoms with van der Waals surface area (Å²) in [6.45, 7) is 8.83. The third-order valence-electron chi connectivity index (χ3n) is 7.89. The maximum absolute atomic E-state index is 15.5. The number of phenolic OH excluding ortho intramolecular Hbond substituents is 1. The number of benzene rings is 2. The standard InChI is InChI=1S/C28H33FN4O4/c1-5-31(6-2)13-8-14-32-26(35)28(3)16-19-22-20(11-12-21(37-4)23(22)29)30-24(19)25(33(28)27(32)36)17-9-7-10-18(34)15-17/h7,9-12,15,25,30,34H,5-6,8,13-14,16H2,1-4H3. The first-order valence-electron chi connectivity index (χ1n) is 12.8. The van der Waals surface area contributed by atoms with Crippen LogP contribution < -0.4 is 4.74 Å². The van der Waals surface area contributed by atoms with Gasteiger partial charge in [-0.1, -0.05) is 26.0 Å². The first-order chi connectivity index (χ1) is 17.7. The number of fused-ring (bicyclic) bond motifs is 4. The lowest BCUT2D eigenvalue weighted by Gasteiger charge is -2.42. The van der Waals surface area contributed by atoms with Crippen LogP contribution in [0.15, 0.2) is 36.4 Å². The van der Waals surface area contributed by atoms with Gasteiger partial charge in [-0.25, -0.2) is 9.18 Å². The predicted molar refractivity (Wildman–Crippen MR) is 138 cm³/mol. The molecule has 0 radical (unpaired) electrons. The normalized spacial score (nSPS) is 21.2. The molecule has 2 aliphatic heterocycles. The van der Waals surface area contributed by atoms with Crippen LogP contribution in [0.2, 0.25) is 0 Å². The van der Waals surface area contributed by atoms with Crippen molar-refractivity contribution in [2.75, 3.05) is 33.3 Å². The minimum absolute atomic E-state index is 0.0457. The monoisotopic (exact) mass is 508 g/mol. The minimum Gasteiger partial charge on any atom is -0.508 e. The van der Waals surface area contributed by atoms with Crippen molar-refractivity contribution >= 4 is 22.8 Å².